The van der Waals surface area contributed by atoms with Gasteiger partial charge in [-0.15, -0.1) is 10.2 Å². The molecule has 1 amide bonds. The third kappa shape index (κ3) is 3.47. The van der Waals surface area contributed by atoms with Crippen molar-refractivity contribution >= 4 is 29.3 Å². The Hall–Kier alpha value is -2.02. The van der Waals surface area contributed by atoms with Gasteiger partial charge in [0, 0.05) is 12.2 Å². The zero-order chi connectivity index (χ0) is 13.7. The topological polar surface area (TPSA) is 85.8 Å². The van der Waals surface area contributed by atoms with Gasteiger partial charge in [0.15, 0.2) is 5.16 Å². The van der Waals surface area contributed by atoms with E-state index in [0.29, 0.717) is 17.6 Å². The molecule has 2 rings (SSSR count). The molecule has 7 heteroatoms. The summed E-state index contributed by atoms with van der Waals surface area (Å²) < 4.78 is 1.76. The average Bonchev–Trinajstić information content (AvgIpc) is 2.78. The second kappa shape index (κ2) is 6.24. The van der Waals surface area contributed by atoms with Gasteiger partial charge in [0.2, 0.25) is 11.9 Å². The number of rotatable bonds is 5. The van der Waals surface area contributed by atoms with E-state index in [1.54, 1.807) is 4.57 Å². The van der Waals surface area contributed by atoms with Gasteiger partial charge in [-0.05, 0) is 19.1 Å². The van der Waals surface area contributed by atoms with Gasteiger partial charge in [0.05, 0.1) is 5.75 Å². The highest BCUT2D eigenvalue weighted by atomic mass is 32.2. The van der Waals surface area contributed by atoms with Gasteiger partial charge in [-0.25, -0.2) is 0 Å². The molecule has 3 N–H and O–H groups in total. The Kier molecular flexibility index (Phi) is 4.40. The number of hydrogen-bond donors (Lipinski definition) is 2. The summed E-state index contributed by atoms with van der Waals surface area (Å²) in [5.41, 5.74) is 6.44. The maximum absolute atomic E-state index is 11.8. The minimum absolute atomic E-state index is 0.0829. The molecule has 1 heterocycles. The molecular formula is C12H15N5OS. The second-order valence-corrected chi connectivity index (χ2v) is 4.73. The van der Waals surface area contributed by atoms with Crippen LogP contribution in [0.4, 0.5) is 11.6 Å². The monoisotopic (exact) mass is 277 g/mol. The number of nitrogens with zero attached hydrogens (tertiary/aromatic N) is 3. The maximum atomic E-state index is 11.8. The maximum Gasteiger partial charge on any atom is 0.234 e. The van der Waals surface area contributed by atoms with Crippen LogP contribution in [0.15, 0.2) is 35.5 Å². The zero-order valence-corrected chi connectivity index (χ0v) is 11.4. The van der Waals surface area contributed by atoms with Crippen LogP contribution in [0.25, 0.3) is 0 Å². The molecule has 19 heavy (non-hydrogen) atoms. The number of carbonyl (C=O) groups is 1. The van der Waals surface area contributed by atoms with E-state index in [-0.39, 0.29) is 11.7 Å². The van der Waals surface area contributed by atoms with Gasteiger partial charge in [-0.3, -0.25) is 9.36 Å². The fraction of sp³-hybridized carbons (Fsp3) is 0.250. The number of para-hydroxylation sites is 1. The van der Waals surface area contributed by atoms with E-state index in [1.165, 1.54) is 11.8 Å². The third-order valence-corrected chi connectivity index (χ3v) is 3.42. The van der Waals surface area contributed by atoms with Gasteiger partial charge in [-0.1, -0.05) is 30.0 Å². The number of nitrogens with one attached hydrogen (secondary N) is 1. The Labute approximate surface area is 115 Å². The molecule has 0 spiro atoms. The van der Waals surface area contributed by atoms with Crippen LogP contribution in [0, 0.1) is 0 Å². The lowest BCUT2D eigenvalue weighted by Crippen LogP contribution is -2.14. The van der Waals surface area contributed by atoms with Crippen LogP contribution in [-0.2, 0) is 11.3 Å². The molecule has 2 aromatic rings. The lowest BCUT2D eigenvalue weighted by molar-refractivity contribution is -0.113. The Morgan fingerprint density at radius 1 is 1.37 bits per heavy atom. The Balaban J connectivity index is 1.90. The lowest BCUT2D eigenvalue weighted by Gasteiger charge is -2.05. The minimum atomic E-state index is -0.0829. The number of thioether (sulfide) groups is 1. The fourth-order valence-electron chi connectivity index (χ4n) is 1.55. The molecule has 0 unspecified atom stereocenters. The Bertz CT molecular complexity index is 555. The van der Waals surface area contributed by atoms with E-state index in [4.69, 9.17) is 5.73 Å². The van der Waals surface area contributed by atoms with Crippen LogP contribution in [0.3, 0.4) is 0 Å². The summed E-state index contributed by atoms with van der Waals surface area (Å²) >= 11 is 1.32. The van der Waals surface area contributed by atoms with Crippen LogP contribution in [-0.4, -0.2) is 26.4 Å². The summed E-state index contributed by atoms with van der Waals surface area (Å²) in [6.45, 7) is 2.63. The average molecular weight is 277 g/mol. The lowest BCUT2D eigenvalue weighted by atomic mass is 10.3. The van der Waals surface area contributed by atoms with Crippen molar-refractivity contribution in [2.75, 3.05) is 16.8 Å². The number of carbonyl (C=O) groups excluding carboxylic acids is 1. The highest BCUT2D eigenvalue weighted by Gasteiger charge is 2.10. The van der Waals surface area contributed by atoms with E-state index >= 15 is 0 Å². The number of benzene rings is 1. The van der Waals surface area contributed by atoms with Crippen LogP contribution >= 0.6 is 11.8 Å². The van der Waals surface area contributed by atoms with E-state index in [9.17, 15) is 4.79 Å². The number of aromatic nitrogens is 3. The highest BCUT2D eigenvalue weighted by Crippen LogP contribution is 2.18. The zero-order valence-electron chi connectivity index (χ0n) is 10.5. The SMILES string of the molecule is CCn1c(N)nnc1SCC(=O)Nc1ccccc1. The van der Waals surface area contributed by atoms with Crippen LogP contribution in [0.5, 0.6) is 0 Å². The number of hydrogen-bond acceptors (Lipinski definition) is 5. The summed E-state index contributed by atoms with van der Waals surface area (Å²) in [7, 11) is 0. The summed E-state index contributed by atoms with van der Waals surface area (Å²) in [6, 6.07) is 9.33. The van der Waals surface area contributed by atoms with Gasteiger partial charge in [0.1, 0.15) is 0 Å². The van der Waals surface area contributed by atoms with E-state index in [0.717, 1.165) is 5.69 Å². The first kappa shape index (κ1) is 13.4. The van der Waals surface area contributed by atoms with Gasteiger partial charge >= 0.3 is 0 Å². The van der Waals surface area contributed by atoms with Gasteiger partial charge in [0.25, 0.3) is 0 Å². The summed E-state index contributed by atoms with van der Waals surface area (Å²) in [5.74, 6) is 0.557. The molecule has 0 bridgehead atoms. The molecule has 0 aliphatic carbocycles. The molecule has 1 aromatic heterocycles. The third-order valence-electron chi connectivity index (χ3n) is 2.45. The molecule has 0 saturated carbocycles. The van der Waals surface area contributed by atoms with Crippen LogP contribution in [0.2, 0.25) is 0 Å². The smallest absolute Gasteiger partial charge is 0.234 e. The number of amides is 1. The highest BCUT2D eigenvalue weighted by molar-refractivity contribution is 7.99. The predicted molar refractivity (Wildman–Crippen MR) is 75.9 cm³/mol. The predicted octanol–water partition coefficient (Wildman–Crippen LogP) is 1.61. The van der Waals surface area contributed by atoms with Gasteiger partial charge in [-0.2, -0.15) is 0 Å². The first-order valence-electron chi connectivity index (χ1n) is 5.87. The fourth-order valence-corrected chi connectivity index (χ4v) is 2.36. The first-order chi connectivity index (χ1) is 9.20. The van der Waals surface area contributed by atoms with Gasteiger partial charge < -0.3 is 11.1 Å². The van der Waals surface area contributed by atoms with Crippen molar-refractivity contribution in [3.63, 3.8) is 0 Å². The molecule has 1 aromatic carbocycles. The van der Waals surface area contributed by atoms with Crippen molar-refractivity contribution in [1.29, 1.82) is 0 Å². The summed E-state index contributed by atoms with van der Waals surface area (Å²) in [4.78, 5) is 11.8. The summed E-state index contributed by atoms with van der Waals surface area (Å²) in [5, 5.41) is 11.2. The minimum Gasteiger partial charge on any atom is -0.368 e. The first-order valence-corrected chi connectivity index (χ1v) is 6.85. The number of nitrogen functional groups attached to an aromatic ring is 1. The standard InChI is InChI=1S/C12H15N5OS/c1-2-17-11(13)15-16-12(17)19-8-10(18)14-9-6-4-3-5-7-9/h3-7H,2,8H2,1H3,(H2,13,15)(H,14,18). The van der Waals surface area contributed by atoms with Crippen LogP contribution in [0.1, 0.15) is 6.92 Å². The largest absolute Gasteiger partial charge is 0.368 e. The van der Waals surface area contributed by atoms with E-state index < -0.39 is 0 Å². The second-order valence-electron chi connectivity index (χ2n) is 3.79. The molecule has 0 atom stereocenters. The van der Waals surface area contributed by atoms with Crippen molar-refractivity contribution in [2.45, 2.75) is 18.6 Å². The van der Waals surface area contributed by atoms with E-state index in [2.05, 4.69) is 15.5 Å². The molecule has 0 aliphatic rings. The molecule has 0 saturated heterocycles. The quantitative estimate of drug-likeness (QED) is 0.811. The Morgan fingerprint density at radius 3 is 2.79 bits per heavy atom. The number of nitrogens with two attached hydrogens (primary N) is 1. The van der Waals surface area contributed by atoms with Crippen molar-refractivity contribution in [3.8, 4) is 0 Å². The molecule has 0 fully saturated rings. The molecule has 0 radical (unpaired) electrons. The van der Waals surface area contributed by atoms with Crippen molar-refractivity contribution in [1.82, 2.24) is 14.8 Å². The summed E-state index contributed by atoms with van der Waals surface area (Å²) in [6.07, 6.45) is 0. The molecule has 100 valence electrons. The van der Waals surface area contributed by atoms with Crippen LogP contribution < -0.4 is 11.1 Å². The normalized spacial score (nSPS) is 10.4. The van der Waals surface area contributed by atoms with Crippen molar-refractivity contribution < 1.29 is 4.79 Å². The van der Waals surface area contributed by atoms with Crippen molar-refractivity contribution in [2.24, 2.45) is 0 Å². The van der Waals surface area contributed by atoms with E-state index in [1.807, 2.05) is 37.3 Å². The Morgan fingerprint density at radius 2 is 2.11 bits per heavy atom. The molecular weight excluding hydrogens is 262 g/mol. The number of anilines is 2. The molecule has 0 aliphatic heterocycles. The van der Waals surface area contributed by atoms with Crippen molar-refractivity contribution in [3.05, 3.63) is 30.3 Å². The molecule has 6 nitrogen and oxygen atoms in total.